The minimum atomic E-state index is -0.329. The largest absolute Gasteiger partial charge is 0.472 e. The van der Waals surface area contributed by atoms with Gasteiger partial charge >= 0.3 is 0 Å². The highest BCUT2D eigenvalue weighted by atomic mass is 16.3. The van der Waals surface area contributed by atoms with Crippen molar-refractivity contribution in [1.29, 1.82) is 0 Å². The predicted molar refractivity (Wildman–Crippen MR) is 211 cm³/mol. The smallest absolute Gasteiger partial charge is 0.276 e. The highest BCUT2D eigenvalue weighted by Crippen LogP contribution is 2.32. The number of benzene rings is 2. The zero-order chi connectivity index (χ0) is 39.3. The molecule has 15 nitrogen and oxygen atoms in total. The quantitative estimate of drug-likeness (QED) is 0.173. The Morgan fingerprint density at radius 3 is 1.96 bits per heavy atom. The average molecular weight is 769 g/mol. The number of carbonyl (C=O) groups is 1. The number of rotatable bonds is 10. The molecule has 2 fully saturated rings. The summed E-state index contributed by atoms with van der Waals surface area (Å²) in [7, 11) is 0. The first-order chi connectivity index (χ1) is 27.8. The Morgan fingerprint density at radius 1 is 0.754 bits per heavy atom. The van der Waals surface area contributed by atoms with Gasteiger partial charge in [0.05, 0.1) is 36.4 Å². The molecule has 2 saturated heterocycles. The Labute approximate surface area is 327 Å². The molecular weight excluding hydrogens is 725 g/mol. The van der Waals surface area contributed by atoms with Crippen LogP contribution in [0.15, 0.2) is 122 Å². The van der Waals surface area contributed by atoms with E-state index in [-0.39, 0.29) is 41.1 Å². The van der Waals surface area contributed by atoms with Crippen molar-refractivity contribution in [3.63, 3.8) is 0 Å². The summed E-state index contributed by atoms with van der Waals surface area (Å²) in [6.07, 6.45) is 7.51. The maximum atomic E-state index is 12.6. The van der Waals surface area contributed by atoms with Crippen LogP contribution in [-0.2, 0) is 19.6 Å². The lowest BCUT2D eigenvalue weighted by atomic mass is 9.97. The first-order valence-corrected chi connectivity index (χ1v) is 19.1. The molecule has 0 saturated carbocycles. The molecule has 57 heavy (non-hydrogen) atoms. The molecule has 0 bridgehead atoms. The van der Waals surface area contributed by atoms with Crippen LogP contribution in [0.3, 0.4) is 0 Å². The fraction of sp³-hybridized carbons (Fsp3) is 0.310. The molecule has 1 amide bonds. The molecule has 5 aromatic heterocycles. The first kappa shape index (κ1) is 37.5. The Balaban J connectivity index is 0.000000160. The molecular formula is C42H44N10O5. The number of imidazole rings is 1. The van der Waals surface area contributed by atoms with E-state index in [1.54, 1.807) is 29.3 Å². The second-order valence-electron chi connectivity index (χ2n) is 14.9. The lowest BCUT2D eigenvalue weighted by Gasteiger charge is -2.15. The van der Waals surface area contributed by atoms with E-state index in [1.165, 1.54) is 23.7 Å². The Hall–Kier alpha value is -6.45. The molecule has 2 aromatic carbocycles. The number of nitrogens with zero attached hydrogens (tertiary/aromatic N) is 7. The van der Waals surface area contributed by atoms with Crippen LogP contribution in [0.4, 0.5) is 0 Å². The molecule has 2 aliphatic heterocycles. The maximum absolute atomic E-state index is 12.6. The van der Waals surface area contributed by atoms with Crippen molar-refractivity contribution in [3.8, 4) is 11.4 Å². The number of amides is 1. The molecule has 0 aliphatic carbocycles. The summed E-state index contributed by atoms with van der Waals surface area (Å²) in [5.41, 5.74) is 3.88. The highest BCUT2D eigenvalue weighted by Gasteiger charge is 2.34. The Kier molecular flexibility index (Phi) is 11.0. The maximum Gasteiger partial charge on any atom is 0.276 e. The van der Waals surface area contributed by atoms with Crippen molar-refractivity contribution in [2.24, 2.45) is 11.8 Å². The minimum Gasteiger partial charge on any atom is -0.472 e. The fourth-order valence-electron chi connectivity index (χ4n) is 7.77. The van der Waals surface area contributed by atoms with Gasteiger partial charge in [-0.25, -0.2) is 9.50 Å². The van der Waals surface area contributed by atoms with Gasteiger partial charge in [0.15, 0.2) is 11.3 Å². The first-order valence-electron chi connectivity index (χ1n) is 19.1. The Morgan fingerprint density at radius 2 is 1.37 bits per heavy atom. The van der Waals surface area contributed by atoms with Gasteiger partial charge in [0.1, 0.15) is 29.9 Å². The van der Waals surface area contributed by atoms with Crippen LogP contribution in [-0.4, -0.2) is 76.6 Å². The van der Waals surface area contributed by atoms with Gasteiger partial charge < -0.3 is 24.1 Å². The van der Waals surface area contributed by atoms with Gasteiger partial charge in [-0.15, -0.1) is 10.2 Å². The van der Waals surface area contributed by atoms with E-state index < -0.39 is 0 Å². The van der Waals surface area contributed by atoms with Crippen LogP contribution in [0.25, 0.3) is 16.9 Å². The van der Waals surface area contributed by atoms with Gasteiger partial charge in [0.25, 0.3) is 17.0 Å². The van der Waals surface area contributed by atoms with Crippen LogP contribution in [0, 0.1) is 11.8 Å². The lowest BCUT2D eigenvalue weighted by molar-refractivity contribution is 0.0949. The van der Waals surface area contributed by atoms with Gasteiger partial charge in [0.2, 0.25) is 0 Å². The number of hydrogen-bond acceptors (Lipinski definition) is 11. The second-order valence-corrected chi connectivity index (χ2v) is 14.9. The van der Waals surface area contributed by atoms with Crippen molar-refractivity contribution >= 4 is 11.4 Å². The van der Waals surface area contributed by atoms with Gasteiger partial charge in [-0.3, -0.25) is 24.2 Å². The number of aromatic nitrogens is 7. The molecule has 4 atom stereocenters. The van der Waals surface area contributed by atoms with Gasteiger partial charge in [-0.1, -0.05) is 74.5 Å². The van der Waals surface area contributed by atoms with E-state index in [0.29, 0.717) is 40.4 Å². The molecule has 15 heteroatoms. The molecule has 2 aliphatic rings. The summed E-state index contributed by atoms with van der Waals surface area (Å²) >= 11 is 0. The van der Waals surface area contributed by atoms with Crippen molar-refractivity contribution in [2.45, 2.75) is 45.3 Å². The number of aromatic amines is 2. The lowest BCUT2D eigenvalue weighted by Crippen LogP contribution is -2.30. The highest BCUT2D eigenvalue weighted by molar-refractivity contribution is 5.93. The molecule has 3 N–H and O–H groups in total. The average Bonchev–Trinajstić information content (AvgIpc) is 4.07. The third kappa shape index (κ3) is 8.54. The Bertz CT molecular complexity index is 2520. The summed E-state index contributed by atoms with van der Waals surface area (Å²) in [5.74, 6) is 2.63. The van der Waals surface area contributed by atoms with E-state index in [4.69, 9.17) is 13.9 Å². The molecule has 7 heterocycles. The van der Waals surface area contributed by atoms with Crippen LogP contribution in [0.2, 0.25) is 0 Å². The monoisotopic (exact) mass is 768 g/mol. The molecule has 0 spiro atoms. The van der Waals surface area contributed by atoms with Crippen LogP contribution in [0.5, 0.6) is 0 Å². The van der Waals surface area contributed by atoms with E-state index in [9.17, 15) is 14.4 Å². The second kappa shape index (κ2) is 16.7. The number of likely N-dealkylation sites (tertiary alicyclic amines) is 2. The molecule has 7 aromatic rings. The van der Waals surface area contributed by atoms with Gasteiger partial charge in [-0.05, 0) is 35.1 Å². The van der Waals surface area contributed by atoms with E-state index in [2.05, 4.69) is 90.5 Å². The zero-order valence-electron chi connectivity index (χ0n) is 31.7. The van der Waals surface area contributed by atoms with Crippen LogP contribution >= 0.6 is 0 Å². The SMILES string of the molecule is CC1CN(Cc2ccccc2)CC1c1nn2c(-c3ccoc3)ncc2c(=O)[nH]1.CC1CN(Cc2ccccc2)CC1c1nnc(CNC(=O)c2ccoc2)c(=O)[nH]1. The standard InChI is InChI=1S/C21H23N5O3.C21H21N5O2/c1-14-10-26(11-15-5-3-2-4-6-15)12-17(14)19-23-21(28)18(24-25-19)9-22-20(27)16-7-8-29-13-16;1-14-10-25(11-15-5-3-2-4-6-15)12-17(14)19-23-21(27)18-9-22-20(26(18)24-19)16-7-8-28-13-16/h2-8,13-14,17H,9-12H2,1H3,(H,22,27)(H,23,25,28);2-9,13-14,17H,10-12H2,1H3,(H,23,24,27). The summed E-state index contributed by atoms with van der Waals surface area (Å²) in [5, 5.41) is 15.7. The number of H-pyrrole nitrogens is 2. The molecule has 292 valence electrons. The van der Waals surface area contributed by atoms with Crippen molar-refractivity contribution < 1.29 is 13.6 Å². The summed E-state index contributed by atoms with van der Waals surface area (Å²) in [6.45, 7) is 9.74. The number of furan rings is 2. The third-order valence-electron chi connectivity index (χ3n) is 10.8. The summed E-state index contributed by atoms with van der Waals surface area (Å²) < 4.78 is 11.7. The topological polar surface area (TPSA) is 184 Å². The predicted octanol–water partition coefficient (Wildman–Crippen LogP) is 4.84. The number of carbonyl (C=O) groups excluding carboxylic acids is 1. The molecule has 4 unspecified atom stereocenters. The van der Waals surface area contributed by atoms with Crippen molar-refractivity contribution in [1.82, 2.24) is 49.9 Å². The summed E-state index contributed by atoms with van der Waals surface area (Å²) in [6, 6.07) is 24.2. The fourth-order valence-corrected chi connectivity index (χ4v) is 7.77. The number of hydrogen-bond donors (Lipinski definition) is 3. The molecule has 9 rings (SSSR count). The van der Waals surface area contributed by atoms with Crippen molar-refractivity contribution in [3.05, 3.63) is 159 Å². The number of nitrogens with one attached hydrogen (secondary N) is 3. The van der Waals surface area contributed by atoms with Crippen LogP contribution in [0.1, 0.15) is 64.5 Å². The van der Waals surface area contributed by atoms with Gasteiger partial charge in [-0.2, -0.15) is 5.10 Å². The third-order valence-corrected chi connectivity index (χ3v) is 10.8. The van der Waals surface area contributed by atoms with E-state index >= 15 is 0 Å². The number of fused-ring (bicyclic) bond motifs is 1. The normalized spacial score (nSPS) is 19.8. The van der Waals surface area contributed by atoms with E-state index in [0.717, 1.165) is 44.8 Å². The minimum absolute atomic E-state index is 0.00692. The van der Waals surface area contributed by atoms with Crippen LogP contribution < -0.4 is 16.4 Å². The summed E-state index contributed by atoms with van der Waals surface area (Å²) in [4.78, 5) is 52.0. The molecule has 0 radical (unpaired) electrons. The van der Waals surface area contributed by atoms with Crippen molar-refractivity contribution in [2.75, 3.05) is 26.2 Å². The van der Waals surface area contributed by atoms with E-state index in [1.807, 2.05) is 30.3 Å². The van der Waals surface area contributed by atoms with Gasteiger partial charge in [0, 0.05) is 51.1 Å². The zero-order valence-corrected chi connectivity index (χ0v) is 31.7.